The van der Waals surface area contributed by atoms with Gasteiger partial charge in [0.05, 0.1) is 17.6 Å². The van der Waals surface area contributed by atoms with E-state index in [2.05, 4.69) is 31.6 Å². The second-order valence-electron chi connectivity index (χ2n) is 3.16. The summed E-state index contributed by atoms with van der Waals surface area (Å²) in [5.41, 5.74) is 1.94. The maximum absolute atomic E-state index is 4.05. The number of aromatic nitrogens is 3. The van der Waals surface area contributed by atoms with Gasteiger partial charge < -0.3 is 5.32 Å². The third-order valence-electron chi connectivity index (χ3n) is 1.99. The molecule has 4 nitrogen and oxygen atoms in total. The van der Waals surface area contributed by atoms with Crippen molar-refractivity contribution in [1.29, 1.82) is 0 Å². The van der Waals surface area contributed by atoms with Gasteiger partial charge in [0.25, 0.3) is 0 Å². The Bertz CT molecular complexity index is 435. The molecule has 0 saturated heterocycles. The number of nitrogens with zero attached hydrogens (tertiary/aromatic N) is 3. The van der Waals surface area contributed by atoms with E-state index >= 15 is 0 Å². The first kappa shape index (κ1) is 10.3. The summed E-state index contributed by atoms with van der Waals surface area (Å²) in [6.07, 6.45) is 1.92. The van der Waals surface area contributed by atoms with Crippen LogP contribution in [-0.2, 0) is 6.54 Å². The number of nitrogens with one attached hydrogen (secondary N) is 1. The van der Waals surface area contributed by atoms with E-state index in [1.807, 2.05) is 37.5 Å². The van der Waals surface area contributed by atoms with Gasteiger partial charge in [-0.3, -0.25) is 0 Å². The summed E-state index contributed by atoms with van der Waals surface area (Å²) in [4.78, 5) is 0. The lowest BCUT2D eigenvalue weighted by molar-refractivity contribution is 0.767. The molecule has 0 fully saturated rings. The van der Waals surface area contributed by atoms with Crippen molar-refractivity contribution in [2.75, 3.05) is 7.05 Å². The molecule has 0 radical (unpaired) electrons. The van der Waals surface area contributed by atoms with Crippen LogP contribution in [0.15, 0.2) is 34.9 Å². The Kier molecular flexibility index (Phi) is 3.13. The van der Waals surface area contributed by atoms with E-state index in [-0.39, 0.29) is 0 Å². The zero-order chi connectivity index (χ0) is 10.7. The molecule has 2 rings (SSSR count). The molecule has 1 aromatic heterocycles. The molecule has 0 aliphatic heterocycles. The summed E-state index contributed by atoms with van der Waals surface area (Å²) in [5.74, 6) is 0. The van der Waals surface area contributed by atoms with E-state index in [0.717, 1.165) is 22.4 Å². The molecule has 1 heterocycles. The van der Waals surface area contributed by atoms with Gasteiger partial charge in [-0.1, -0.05) is 21.1 Å². The van der Waals surface area contributed by atoms with E-state index in [0.29, 0.717) is 0 Å². The molecule has 0 saturated carbocycles. The van der Waals surface area contributed by atoms with Gasteiger partial charge in [0.2, 0.25) is 0 Å². The molecular weight excluding hydrogens is 256 g/mol. The van der Waals surface area contributed by atoms with Crippen molar-refractivity contribution in [3.05, 3.63) is 40.6 Å². The van der Waals surface area contributed by atoms with E-state index in [1.165, 1.54) is 0 Å². The predicted octanol–water partition coefficient (Wildman–Crippen LogP) is 1.75. The van der Waals surface area contributed by atoms with Gasteiger partial charge in [0, 0.05) is 11.0 Å². The first-order valence-corrected chi connectivity index (χ1v) is 5.40. The van der Waals surface area contributed by atoms with Gasteiger partial charge in [0.15, 0.2) is 0 Å². The number of halogens is 1. The van der Waals surface area contributed by atoms with Crippen molar-refractivity contribution in [2.24, 2.45) is 0 Å². The minimum absolute atomic E-state index is 0.733. The van der Waals surface area contributed by atoms with Crippen molar-refractivity contribution < 1.29 is 0 Å². The second kappa shape index (κ2) is 4.55. The van der Waals surface area contributed by atoms with Crippen LogP contribution in [0.4, 0.5) is 0 Å². The molecule has 0 amide bonds. The van der Waals surface area contributed by atoms with Crippen LogP contribution in [0.2, 0.25) is 0 Å². The minimum atomic E-state index is 0.733. The van der Waals surface area contributed by atoms with Crippen molar-refractivity contribution >= 4 is 15.9 Å². The van der Waals surface area contributed by atoms with Crippen LogP contribution < -0.4 is 5.32 Å². The highest BCUT2D eigenvalue weighted by Gasteiger charge is 2.01. The summed E-state index contributed by atoms with van der Waals surface area (Å²) in [6, 6.07) is 7.94. The summed E-state index contributed by atoms with van der Waals surface area (Å²) >= 11 is 3.39. The van der Waals surface area contributed by atoms with Crippen molar-refractivity contribution in [1.82, 2.24) is 20.3 Å². The maximum atomic E-state index is 4.05. The van der Waals surface area contributed by atoms with Crippen LogP contribution in [0.5, 0.6) is 0 Å². The van der Waals surface area contributed by atoms with Gasteiger partial charge in [-0.05, 0) is 31.3 Å². The van der Waals surface area contributed by atoms with Crippen LogP contribution in [0.25, 0.3) is 5.69 Å². The Morgan fingerprint density at radius 3 is 2.73 bits per heavy atom. The van der Waals surface area contributed by atoms with Gasteiger partial charge in [-0.25, -0.2) is 4.68 Å². The minimum Gasteiger partial charge on any atom is -0.314 e. The Balaban J connectivity index is 2.25. The van der Waals surface area contributed by atoms with Gasteiger partial charge >= 0.3 is 0 Å². The third-order valence-corrected chi connectivity index (χ3v) is 2.52. The first-order valence-electron chi connectivity index (χ1n) is 4.61. The fourth-order valence-corrected chi connectivity index (χ4v) is 1.54. The van der Waals surface area contributed by atoms with E-state index in [4.69, 9.17) is 0 Å². The highest BCUT2D eigenvalue weighted by molar-refractivity contribution is 9.10. The fourth-order valence-electron chi connectivity index (χ4n) is 1.28. The molecule has 0 unspecified atom stereocenters. The van der Waals surface area contributed by atoms with Crippen LogP contribution in [-0.4, -0.2) is 22.0 Å². The lowest BCUT2D eigenvalue weighted by Crippen LogP contribution is -2.04. The Morgan fingerprint density at radius 2 is 2.07 bits per heavy atom. The summed E-state index contributed by atoms with van der Waals surface area (Å²) < 4.78 is 2.82. The summed E-state index contributed by atoms with van der Waals surface area (Å²) in [7, 11) is 1.89. The van der Waals surface area contributed by atoms with Gasteiger partial charge in [-0.15, -0.1) is 5.10 Å². The first-order chi connectivity index (χ1) is 7.29. The predicted molar refractivity (Wildman–Crippen MR) is 61.8 cm³/mol. The van der Waals surface area contributed by atoms with Gasteiger partial charge in [-0.2, -0.15) is 0 Å². The topological polar surface area (TPSA) is 42.7 Å². The molecule has 0 atom stereocenters. The van der Waals surface area contributed by atoms with E-state index in [1.54, 1.807) is 4.68 Å². The van der Waals surface area contributed by atoms with Crippen LogP contribution in [0.1, 0.15) is 5.69 Å². The fraction of sp³-hybridized carbons (Fsp3) is 0.200. The highest BCUT2D eigenvalue weighted by Crippen LogP contribution is 2.13. The van der Waals surface area contributed by atoms with E-state index < -0.39 is 0 Å². The monoisotopic (exact) mass is 266 g/mol. The zero-order valence-electron chi connectivity index (χ0n) is 8.31. The standard InChI is InChI=1S/C10H11BrN4/c1-12-6-9-7-15(14-13-9)10-4-2-8(11)3-5-10/h2-5,7,12H,6H2,1H3. The molecule has 0 aliphatic rings. The zero-order valence-corrected chi connectivity index (χ0v) is 9.90. The average Bonchev–Trinajstić information content (AvgIpc) is 2.68. The summed E-state index contributed by atoms with van der Waals surface area (Å²) in [5, 5.41) is 11.1. The van der Waals surface area contributed by atoms with Crippen LogP contribution in [0, 0.1) is 0 Å². The molecule has 2 aromatic rings. The molecule has 0 spiro atoms. The molecule has 15 heavy (non-hydrogen) atoms. The average molecular weight is 267 g/mol. The summed E-state index contributed by atoms with van der Waals surface area (Å²) in [6.45, 7) is 0.733. The normalized spacial score (nSPS) is 10.5. The number of benzene rings is 1. The molecule has 0 bridgehead atoms. The maximum Gasteiger partial charge on any atom is 0.0969 e. The quantitative estimate of drug-likeness (QED) is 0.921. The Labute approximate surface area is 96.4 Å². The largest absolute Gasteiger partial charge is 0.314 e. The van der Waals surface area contributed by atoms with Crippen molar-refractivity contribution in [3.8, 4) is 5.69 Å². The smallest absolute Gasteiger partial charge is 0.0969 e. The molecule has 78 valence electrons. The third kappa shape index (κ3) is 2.43. The van der Waals surface area contributed by atoms with Crippen LogP contribution >= 0.6 is 15.9 Å². The highest BCUT2D eigenvalue weighted by atomic mass is 79.9. The molecule has 0 aliphatic carbocycles. The Morgan fingerprint density at radius 1 is 1.33 bits per heavy atom. The Hall–Kier alpha value is -1.20. The molecule has 1 aromatic carbocycles. The number of hydrogen-bond acceptors (Lipinski definition) is 3. The van der Waals surface area contributed by atoms with Crippen molar-refractivity contribution in [2.45, 2.75) is 6.54 Å². The lowest BCUT2D eigenvalue weighted by atomic mass is 10.3. The second-order valence-corrected chi connectivity index (χ2v) is 4.08. The SMILES string of the molecule is CNCc1cn(-c2ccc(Br)cc2)nn1. The molecule has 1 N–H and O–H groups in total. The number of hydrogen-bond donors (Lipinski definition) is 1. The molecule has 5 heteroatoms. The molecular formula is C10H11BrN4. The van der Waals surface area contributed by atoms with Crippen molar-refractivity contribution in [3.63, 3.8) is 0 Å². The van der Waals surface area contributed by atoms with Crippen LogP contribution in [0.3, 0.4) is 0 Å². The van der Waals surface area contributed by atoms with E-state index in [9.17, 15) is 0 Å². The lowest BCUT2D eigenvalue weighted by Gasteiger charge is -1.98. The van der Waals surface area contributed by atoms with Gasteiger partial charge in [0.1, 0.15) is 0 Å². The number of rotatable bonds is 3.